The zero-order chi connectivity index (χ0) is 19.1. The summed E-state index contributed by atoms with van der Waals surface area (Å²) in [5, 5.41) is 5.61. The van der Waals surface area contributed by atoms with Gasteiger partial charge in [-0.3, -0.25) is 19.6 Å². The van der Waals surface area contributed by atoms with E-state index in [2.05, 4.69) is 27.5 Å². The van der Waals surface area contributed by atoms with Crippen LogP contribution >= 0.6 is 0 Å². The molecule has 3 rings (SSSR count). The van der Waals surface area contributed by atoms with Gasteiger partial charge >= 0.3 is 0 Å². The number of anilines is 1. The summed E-state index contributed by atoms with van der Waals surface area (Å²) in [5.74, 6) is -0.626. The predicted molar refractivity (Wildman–Crippen MR) is 103 cm³/mol. The average molecular weight is 360 g/mol. The lowest BCUT2D eigenvalue weighted by molar-refractivity contribution is 0.0950. The Bertz CT molecular complexity index is 924. The first kappa shape index (κ1) is 18.3. The van der Waals surface area contributed by atoms with E-state index in [0.29, 0.717) is 17.8 Å². The van der Waals surface area contributed by atoms with Crippen LogP contribution in [0, 0.1) is 0 Å². The molecule has 0 saturated heterocycles. The van der Waals surface area contributed by atoms with Crippen LogP contribution in [-0.2, 0) is 13.0 Å². The van der Waals surface area contributed by atoms with Gasteiger partial charge in [-0.2, -0.15) is 0 Å². The van der Waals surface area contributed by atoms with Crippen molar-refractivity contribution in [2.45, 2.75) is 19.9 Å². The third kappa shape index (κ3) is 4.98. The fourth-order valence-electron chi connectivity index (χ4n) is 2.50. The van der Waals surface area contributed by atoms with Crippen molar-refractivity contribution in [3.63, 3.8) is 0 Å². The van der Waals surface area contributed by atoms with Crippen LogP contribution in [0.1, 0.15) is 38.9 Å². The van der Waals surface area contributed by atoms with E-state index in [1.165, 1.54) is 17.8 Å². The summed E-state index contributed by atoms with van der Waals surface area (Å²) >= 11 is 0. The van der Waals surface area contributed by atoms with E-state index >= 15 is 0 Å². The molecule has 6 nitrogen and oxygen atoms in total. The summed E-state index contributed by atoms with van der Waals surface area (Å²) in [7, 11) is 0. The Hall–Kier alpha value is -3.54. The number of benzene rings is 1. The number of pyridine rings is 2. The Labute approximate surface area is 157 Å². The van der Waals surface area contributed by atoms with Crippen LogP contribution in [0.2, 0.25) is 0 Å². The number of nitrogens with one attached hydrogen (secondary N) is 2. The minimum atomic E-state index is -0.358. The first-order valence-corrected chi connectivity index (χ1v) is 8.69. The summed E-state index contributed by atoms with van der Waals surface area (Å²) in [6.07, 6.45) is 5.73. The van der Waals surface area contributed by atoms with Crippen molar-refractivity contribution in [2.24, 2.45) is 0 Å². The highest BCUT2D eigenvalue weighted by Crippen LogP contribution is 2.12. The lowest BCUT2D eigenvalue weighted by atomic mass is 10.1. The monoisotopic (exact) mass is 360 g/mol. The molecule has 0 aliphatic carbocycles. The maximum Gasteiger partial charge on any atom is 0.274 e. The molecule has 27 heavy (non-hydrogen) atoms. The number of nitrogens with zero attached hydrogens (tertiary/aromatic N) is 2. The molecule has 0 spiro atoms. The second-order valence-corrected chi connectivity index (χ2v) is 5.97. The molecule has 1 aromatic carbocycles. The first-order valence-electron chi connectivity index (χ1n) is 8.69. The van der Waals surface area contributed by atoms with E-state index < -0.39 is 0 Å². The molecule has 0 fully saturated rings. The quantitative estimate of drug-likeness (QED) is 0.707. The van der Waals surface area contributed by atoms with Crippen molar-refractivity contribution >= 4 is 17.5 Å². The molecule has 2 N–H and O–H groups in total. The number of aromatic nitrogens is 2. The van der Waals surface area contributed by atoms with Gasteiger partial charge in [0.25, 0.3) is 11.8 Å². The number of carbonyl (C=O) groups excluding carboxylic acids is 2. The molecular formula is C21H20N4O2. The molecule has 0 atom stereocenters. The second-order valence-electron chi connectivity index (χ2n) is 5.97. The van der Waals surface area contributed by atoms with E-state index in [1.807, 2.05) is 36.4 Å². The van der Waals surface area contributed by atoms with Crippen LogP contribution in [-0.4, -0.2) is 21.8 Å². The molecule has 6 heteroatoms. The average Bonchev–Trinajstić information content (AvgIpc) is 2.73. The predicted octanol–water partition coefficient (Wildman–Crippen LogP) is 3.22. The molecule has 0 aliphatic rings. The van der Waals surface area contributed by atoms with Crippen LogP contribution in [0.4, 0.5) is 5.69 Å². The van der Waals surface area contributed by atoms with E-state index in [1.54, 1.807) is 18.5 Å². The molecular weight excluding hydrogens is 340 g/mol. The van der Waals surface area contributed by atoms with Crippen LogP contribution in [0.15, 0.2) is 67.1 Å². The molecule has 2 heterocycles. The Morgan fingerprint density at radius 3 is 2.33 bits per heavy atom. The van der Waals surface area contributed by atoms with Gasteiger partial charge in [0, 0.05) is 36.4 Å². The number of hydrogen-bond donors (Lipinski definition) is 2. The number of rotatable bonds is 6. The molecule has 0 saturated carbocycles. The Morgan fingerprint density at radius 2 is 1.63 bits per heavy atom. The number of hydrogen-bond acceptors (Lipinski definition) is 4. The van der Waals surface area contributed by atoms with Gasteiger partial charge in [0.05, 0.1) is 0 Å². The molecule has 136 valence electrons. The van der Waals surface area contributed by atoms with Crippen molar-refractivity contribution in [3.05, 3.63) is 89.5 Å². The van der Waals surface area contributed by atoms with Crippen molar-refractivity contribution < 1.29 is 9.59 Å². The summed E-state index contributed by atoms with van der Waals surface area (Å²) in [6.45, 7) is 2.46. The van der Waals surface area contributed by atoms with Crippen molar-refractivity contribution in [1.82, 2.24) is 15.3 Å². The van der Waals surface area contributed by atoms with Gasteiger partial charge in [-0.05, 0) is 53.9 Å². The summed E-state index contributed by atoms with van der Waals surface area (Å²) in [4.78, 5) is 32.8. The molecule has 3 aromatic rings. The number of aryl methyl sites for hydroxylation is 1. The van der Waals surface area contributed by atoms with Gasteiger partial charge in [-0.25, -0.2) is 0 Å². The van der Waals surface area contributed by atoms with Gasteiger partial charge in [-0.15, -0.1) is 0 Å². The lowest BCUT2D eigenvalue weighted by Crippen LogP contribution is -2.23. The van der Waals surface area contributed by atoms with Crippen LogP contribution < -0.4 is 10.6 Å². The summed E-state index contributed by atoms with van der Waals surface area (Å²) in [6, 6.07) is 14.3. The fraction of sp³-hybridized carbons (Fsp3) is 0.143. The fourth-order valence-corrected chi connectivity index (χ4v) is 2.50. The Kier molecular flexibility index (Phi) is 5.89. The highest BCUT2D eigenvalue weighted by Gasteiger charge is 2.12. The summed E-state index contributed by atoms with van der Waals surface area (Å²) in [5.41, 5.74) is 3.39. The molecule has 0 bridgehead atoms. The maximum absolute atomic E-state index is 12.4. The normalized spacial score (nSPS) is 10.3. The molecule has 2 amide bonds. The van der Waals surface area contributed by atoms with Crippen LogP contribution in [0.25, 0.3) is 0 Å². The largest absolute Gasteiger partial charge is 0.348 e. The summed E-state index contributed by atoms with van der Waals surface area (Å²) < 4.78 is 0. The third-order valence-electron chi connectivity index (χ3n) is 4.08. The van der Waals surface area contributed by atoms with Crippen LogP contribution in [0.5, 0.6) is 0 Å². The van der Waals surface area contributed by atoms with Crippen molar-refractivity contribution in [2.75, 3.05) is 5.32 Å². The van der Waals surface area contributed by atoms with Crippen LogP contribution in [0.3, 0.4) is 0 Å². The Balaban J connectivity index is 1.64. The van der Waals surface area contributed by atoms with Gasteiger partial charge in [0.2, 0.25) is 0 Å². The molecule has 0 unspecified atom stereocenters. The molecule has 0 radical (unpaired) electrons. The van der Waals surface area contributed by atoms with E-state index in [4.69, 9.17) is 0 Å². The van der Waals surface area contributed by atoms with Gasteiger partial charge in [0.1, 0.15) is 5.69 Å². The minimum Gasteiger partial charge on any atom is -0.348 e. The van der Waals surface area contributed by atoms with Gasteiger partial charge in [-0.1, -0.05) is 19.1 Å². The number of carbonyl (C=O) groups is 2. The topological polar surface area (TPSA) is 84.0 Å². The van der Waals surface area contributed by atoms with Crippen molar-refractivity contribution in [3.8, 4) is 0 Å². The van der Waals surface area contributed by atoms with Gasteiger partial charge in [0.15, 0.2) is 0 Å². The standard InChI is InChI=1S/C21H20N4O2/c1-2-15-3-5-18(6-4-15)25-21(27)19-13-17(9-12-23-19)20(26)24-14-16-7-10-22-11-8-16/h3-13H,2,14H2,1H3,(H,24,26)(H,25,27). The minimum absolute atomic E-state index is 0.186. The molecule has 0 aliphatic heterocycles. The number of amides is 2. The van der Waals surface area contributed by atoms with E-state index in [0.717, 1.165) is 12.0 Å². The van der Waals surface area contributed by atoms with E-state index in [9.17, 15) is 9.59 Å². The SMILES string of the molecule is CCc1ccc(NC(=O)c2cc(C(=O)NCc3ccncc3)ccn2)cc1. The van der Waals surface area contributed by atoms with Gasteiger partial charge < -0.3 is 10.6 Å². The molecule has 2 aromatic heterocycles. The second kappa shape index (κ2) is 8.71. The van der Waals surface area contributed by atoms with Crippen molar-refractivity contribution in [1.29, 1.82) is 0 Å². The van der Waals surface area contributed by atoms with E-state index in [-0.39, 0.29) is 17.5 Å². The first-order chi connectivity index (χ1) is 13.2. The third-order valence-corrected chi connectivity index (χ3v) is 4.08. The zero-order valence-corrected chi connectivity index (χ0v) is 15.0. The maximum atomic E-state index is 12.4. The Morgan fingerprint density at radius 1 is 0.889 bits per heavy atom. The highest BCUT2D eigenvalue weighted by atomic mass is 16.2. The smallest absolute Gasteiger partial charge is 0.274 e. The zero-order valence-electron chi connectivity index (χ0n) is 15.0. The highest BCUT2D eigenvalue weighted by molar-refractivity contribution is 6.04. The lowest BCUT2D eigenvalue weighted by Gasteiger charge is -2.08.